The van der Waals surface area contributed by atoms with Crippen molar-refractivity contribution in [2.45, 2.75) is 52.0 Å². The second-order valence-electron chi connectivity index (χ2n) is 9.16. The monoisotopic (exact) mass is 470 g/mol. The van der Waals surface area contributed by atoms with Gasteiger partial charge in [0.2, 0.25) is 0 Å². The molecule has 0 atom stereocenters. The maximum Gasteiger partial charge on any atom is 0.326 e. The Morgan fingerprint density at radius 1 is 1.16 bits per heavy atom. The highest BCUT2D eigenvalue weighted by molar-refractivity contribution is 6.37. The van der Waals surface area contributed by atoms with E-state index < -0.39 is 24.1 Å². The van der Waals surface area contributed by atoms with Gasteiger partial charge in [0.1, 0.15) is 25.3 Å². The summed E-state index contributed by atoms with van der Waals surface area (Å²) in [5, 5.41) is 3.53. The van der Waals surface area contributed by atoms with Gasteiger partial charge in [0.25, 0.3) is 5.91 Å². The van der Waals surface area contributed by atoms with Gasteiger partial charge in [0.15, 0.2) is 5.75 Å². The Bertz CT molecular complexity index is 840. The van der Waals surface area contributed by atoms with Crippen molar-refractivity contribution >= 4 is 41.1 Å². The molecule has 0 aromatic heterocycles. The molecule has 0 bridgehead atoms. The molecule has 1 aromatic carbocycles. The van der Waals surface area contributed by atoms with E-state index in [0.29, 0.717) is 34.6 Å². The van der Waals surface area contributed by atoms with Crippen LogP contribution in [0.5, 0.6) is 5.75 Å². The van der Waals surface area contributed by atoms with Crippen molar-refractivity contribution in [3.8, 4) is 5.75 Å². The molecule has 0 unspecified atom stereocenters. The topological polar surface area (TPSA) is 84.9 Å². The highest BCUT2D eigenvalue weighted by Crippen LogP contribution is 2.43. The van der Waals surface area contributed by atoms with Crippen LogP contribution >= 0.6 is 23.2 Å². The van der Waals surface area contributed by atoms with Gasteiger partial charge < -0.3 is 14.8 Å². The second-order valence-corrected chi connectivity index (χ2v) is 9.98. The molecule has 1 saturated carbocycles. The molecule has 1 aliphatic carbocycles. The lowest BCUT2D eigenvalue weighted by molar-refractivity contribution is -0.148. The maximum atomic E-state index is 13.0. The minimum atomic E-state index is -0.900. The zero-order chi connectivity index (χ0) is 22.8. The van der Waals surface area contributed by atoms with Crippen LogP contribution in [0.1, 0.15) is 46.5 Å². The third-order valence-corrected chi connectivity index (χ3v) is 6.70. The number of esters is 1. The molecule has 1 heterocycles. The fraction of sp³-hybridized carbons (Fsp3) is 0.591. The maximum absolute atomic E-state index is 13.0. The molecule has 0 radical (unpaired) electrons. The first-order chi connectivity index (χ1) is 14.5. The van der Waals surface area contributed by atoms with Crippen molar-refractivity contribution < 1.29 is 23.9 Å². The van der Waals surface area contributed by atoms with Gasteiger partial charge in [-0.1, -0.05) is 50.0 Å². The van der Waals surface area contributed by atoms with Crippen LogP contribution < -0.4 is 10.1 Å². The van der Waals surface area contributed by atoms with Crippen LogP contribution in [0.15, 0.2) is 18.2 Å². The van der Waals surface area contributed by atoms with E-state index in [1.54, 1.807) is 18.2 Å². The van der Waals surface area contributed by atoms with Gasteiger partial charge in [-0.15, -0.1) is 0 Å². The minimum Gasteiger partial charge on any atom is -0.487 e. The van der Waals surface area contributed by atoms with Crippen molar-refractivity contribution in [3.05, 3.63) is 28.2 Å². The Kier molecular flexibility index (Phi) is 7.06. The molecular formula is C22H28Cl2N2O5. The molecule has 31 heavy (non-hydrogen) atoms. The molecule has 1 spiro atoms. The number of ether oxygens (including phenoxy) is 2. The summed E-state index contributed by atoms with van der Waals surface area (Å²) >= 11 is 12.0. The summed E-state index contributed by atoms with van der Waals surface area (Å²) in [6.07, 6.45) is 2.88. The van der Waals surface area contributed by atoms with Gasteiger partial charge in [0, 0.05) is 0 Å². The SMILES string of the molecule is CC(C)(C)C1CCC2(CC1)NC(=O)N(CC(=O)OCCOc1c(Cl)cccc1Cl)C2=O. The lowest BCUT2D eigenvalue weighted by Crippen LogP contribution is -2.50. The van der Waals surface area contributed by atoms with E-state index in [1.807, 2.05) is 0 Å². The highest BCUT2D eigenvalue weighted by atomic mass is 35.5. The number of nitrogens with one attached hydrogen (secondary N) is 1. The zero-order valence-corrected chi connectivity index (χ0v) is 19.5. The van der Waals surface area contributed by atoms with E-state index in [0.717, 1.165) is 17.7 Å². The lowest BCUT2D eigenvalue weighted by Gasteiger charge is -2.40. The Labute approximate surface area is 192 Å². The van der Waals surface area contributed by atoms with E-state index in [9.17, 15) is 14.4 Å². The predicted molar refractivity (Wildman–Crippen MR) is 117 cm³/mol. The number of halogens is 2. The van der Waals surface area contributed by atoms with E-state index in [4.69, 9.17) is 32.7 Å². The molecule has 1 aliphatic heterocycles. The second kappa shape index (κ2) is 9.25. The molecule has 1 aromatic rings. The minimum absolute atomic E-state index is 0.0352. The average molecular weight is 471 g/mol. The summed E-state index contributed by atoms with van der Waals surface area (Å²) in [5.74, 6) is -0.226. The first-order valence-electron chi connectivity index (χ1n) is 10.4. The van der Waals surface area contributed by atoms with E-state index >= 15 is 0 Å². The molecule has 2 fully saturated rings. The van der Waals surface area contributed by atoms with Crippen molar-refractivity contribution in [3.63, 3.8) is 0 Å². The summed E-state index contributed by atoms with van der Waals surface area (Å²) in [6.45, 7) is 6.11. The number of imide groups is 1. The predicted octanol–water partition coefficient (Wildman–Crippen LogP) is 4.44. The number of rotatable bonds is 6. The smallest absolute Gasteiger partial charge is 0.326 e. The van der Waals surface area contributed by atoms with Crippen LogP contribution in [0.4, 0.5) is 4.79 Å². The largest absolute Gasteiger partial charge is 0.487 e. The average Bonchev–Trinajstić information content (AvgIpc) is 2.90. The Morgan fingerprint density at radius 3 is 2.35 bits per heavy atom. The van der Waals surface area contributed by atoms with Crippen molar-refractivity contribution in [1.29, 1.82) is 0 Å². The van der Waals surface area contributed by atoms with Gasteiger partial charge in [-0.2, -0.15) is 0 Å². The number of urea groups is 1. The molecule has 1 N–H and O–H groups in total. The van der Waals surface area contributed by atoms with Gasteiger partial charge in [-0.3, -0.25) is 14.5 Å². The Morgan fingerprint density at radius 2 is 1.77 bits per heavy atom. The first-order valence-corrected chi connectivity index (χ1v) is 11.2. The summed E-state index contributed by atoms with van der Waals surface area (Å²) in [7, 11) is 0. The van der Waals surface area contributed by atoms with Crippen molar-refractivity contribution in [2.24, 2.45) is 11.3 Å². The summed E-state index contributed by atoms with van der Waals surface area (Å²) < 4.78 is 10.6. The number of para-hydroxylation sites is 1. The number of hydrogen-bond donors (Lipinski definition) is 1. The van der Waals surface area contributed by atoms with Crippen molar-refractivity contribution in [1.82, 2.24) is 10.2 Å². The molecule has 7 nitrogen and oxygen atoms in total. The highest BCUT2D eigenvalue weighted by Gasteiger charge is 2.53. The number of carbonyl (C=O) groups excluding carboxylic acids is 3. The summed E-state index contributed by atoms with van der Waals surface area (Å²) in [5.41, 5.74) is -0.740. The number of carbonyl (C=O) groups is 3. The molecule has 9 heteroatoms. The van der Waals surface area contributed by atoms with Crippen LogP contribution in [0, 0.1) is 11.3 Å². The number of hydrogen-bond acceptors (Lipinski definition) is 5. The number of nitrogens with zero attached hydrogens (tertiary/aromatic N) is 1. The van der Waals surface area contributed by atoms with Gasteiger partial charge >= 0.3 is 12.0 Å². The standard InChI is InChI=1S/C22H28Cl2N2O5/c1-21(2,3)14-7-9-22(10-8-14)19(28)26(20(29)25-22)13-17(27)30-11-12-31-18-15(23)5-4-6-16(18)24/h4-6,14H,7-13H2,1-3H3,(H,25,29). The fourth-order valence-electron chi connectivity index (χ4n) is 4.23. The third-order valence-electron chi connectivity index (χ3n) is 6.11. The molecule has 2 aliphatic rings. The first kappa shape index (κ1) is 23.7. The van der Waals surface area contributed by atoms with Crippen LogP contribution in [0.25, 0.3) is 0 Å². The number of benzene rings is 1. The molecule has 170 valence electrons. The molecule has 3 amide bonds. The Hall–Kier alpha value is -1.99. The van der Waals surface area contributed by atoms with Gasteiger partial charge in [0.05, 0.1) is 10.0 Å². The summed E-state index contributed by atoms with van der Waals surface area (Å²) in [6, 6.07) is 4.42. The molecule has 1 saturated heterocycles. The zero-order valence-electron chi connectivity index (χ0n) is 18.0. The van der Waals surface area contributed by atoms with E-state index in [-0.39, 0.29) is 24.5 Å². The van der Waals surface area contributed by atoms with Gasteiger partial charge in [-0.25, -0.2) is 4.79 Å². The van der Waals surface area contributed by atoms with Crippen LogP contribution in [0.2, 0.25) is 10.0 Å². The van der Waals surface area contributed by atoms with Crippen LogP contribution in [0.3, 0.4) is 0 Å². The Balaban J connectivity index is 1.48. The number of amides is 3. The molecular weight excluding hydrogens is 443 g/mol. The summed E-state index contributed by atoms with van der Waals surface area (Å²) in [4.78, 5) is 38.5. The van der Waals surface area contributed by atoms with Crippen molar-refractivity contribution in [2.75, 3.05) is 19.8 Å². The van der Waals surface area contributed by atoms with Gasteiger partial charge in [-0.05, 0) is 49.1 Å². The normalized spacial score (nSPS) is 23.8. The molecule has 3 rings (SSSR count). The lowest BCUT2D eigenvalue weighted by atomic mass is 9.67. The van der Waals surface area contributed by atoms with Crippen LogP contribution in [-0.2, 0) is 14.3 Å². The van der Waals surface area contributed by atoms with Crippen LogP contribution in [-0.4, -0.2) is 48.1 Å². The van der Waals surface area contributed by atoms with E-state index in [1.165, 1.54) is 0 Å². The van der Waals surface area contributed by atoms with E-state index in [2.05, 4.69) is 26.1 Å². The quantitative estimate of drug-likeness (QED) is 0.377. The third kappa shape index (κ3) is 5.26. The fourth-order valence-corrected chi connectivity index (χ4v) is 4.74.